The molecule has 0 atom stereocenters. The Hall–Kier alpha value is -1.85. The van der Waals surface area contributed by atoms with Gasteiger partial charge in [-0.3, -0.25) is 4.31 Å². The first-order valence-electron chi connectivity index (χ1n) is 6.98. The average molecular weight is 302 g/mol. The van der Waals surface area contributed by atoms with Crippen molar-refractivity contribution in [2.45, 2.75) is 17.9 Å². The van der Waals surface area contributed by atoms with Crippen LogP contribution in [0.2, 0.25) is 0 Å². The number of benzene rings is 2. The van der Waals surface area contributed by atoms with E-state index in [2.05, 4.69) is 5.32 Å². The zero-order chi connectivity index (χ0) is 14.9. The lowest BCUT2D eigenvalue weighted by Gasteiger charge is -2.21. The number of rotatable bonds is 4. The van der Waals surface area contributed by atoms with Crippen molar-refractivity contribution < 1.29 is 8.42 Å². The maximum atomic E-state index is 13.0. The largest absolute Gasteiger partial charge is 0.316 e. The Bertz CT molecular complexity index is 756. The van der Waals surface area contributed by atoms with Crippen LogP contribution in [0, 0.1) is 0 Å². The van der Waals surface area contributed by atoms with Gasteiger partial charge in [-0.05, 0) is 36.7 Å². The molecule has 0 spiro atoms. The summed E-state index contributed by atoms with van der Waals surface area (Å²) in [5.41, 5.74) is 2.69. The van der Waals surface area contributed by atoms with E-state index in [-0.39, 0.29) is 0 Å². The van der Waals surface area contributed by atoms with Crippen molar-refractivity contribution in [3.8, 4) is 0 Å². The fraction of sp³-hybridized carbons (Fsp3) is 0.250. The van der Waals surface area contributed by atoms with Gasteiger partial charge >= 0.3 is 0 Å². The van der Waals surface area contributed by atoms with Crippen molar-refractivity contribution in [2.75, 3.05) is 17.9 Å². The second-order valence-electron chi connectivity index (χ2n) is 5.09. The first kappa shape index (κ1) is 14.1. The molecule has 2 aromatic rings. The number of anilines is 1. The lowest BCUT2D eigenvalue weighted by Crippen LogP contribution is -2.30. The summed E-state index contributed by atoms with van der Waals surface area (Å²) in [4.78, 5) is 0.385. The quantitative estimate of drug-likeness (QED) is 0.941. The Labute approximate surface area is 125 Å². The first-order valence-corrected chi connectivity index (χ1v) is 8.42. The van der Waals surface area contributed by atoms with E-state index >= 15 is 0 Å². The molecule has 110 valence electrons. The SMILES string of the molecule is CNCc1ccccc1S(=O)(=O)N1CCc2ccccc21. The molecule has 0 radical (unpaired) electrons. The van der Waals surface area contributed by atoms with Crippen LogP contribution in [0.3, 0.4) is 0 Å². The molecule has 2 aromatic carbocycles. The van der Waals surface area contributed by atoms with E-state index in [4.69, 9.17) is 0 Å². The van der Waals surface area contributed by atoms with Gasteiger partial charge in [0, 0.05) is 13.1 Å². The van der Waals surface area contributed by atoms with Crippen LogP contribution in [0.15, 0.2) is 53.4 Å². The smallest absolute Gasteiger partial charge is 0.264 e. The summed E-state index contributed by atoms with van der Waals surface area (Å²) in [6.07, 6.45) is 0.767. The van der Waals surface area contributed by atoms with Crippen LogP contribution >= 0.6 is 0 Å². The third-order valence-electron chi connectivity index (χ3n) is 3.75. The topological polar surface area (TPSA) is 49.4 Å². The van der Waals surface area contributed by atoms with Crippen molar-refractivity contribution in [1.82, 2.24) is 5.32 Å². The number of hydrogen-bond acceptors (Lipinski definition) is 3. The molecule has 4 nitrogen and oxygen atoms in total. The molecule has 0 saturated heterocycles. The maximum Gasteiger partial charge on any atom is 0.264 e. The molecule has 0 aliphatic carbocycles. The van der Waals surface area contributed by atoms with Crippen molar-refractivity contribution in [3.63, 3.8) is 0 Å². The Kier molecular flexibility index (Phi) is 3.69. The first-order chi connectivity index (χ1) is 10.1. The Balaban J connectivity index is 2.07. The third kappa shape index (κ3) is 2.43. The van der Waals surface area contributed by atoms with Crippen LogP contribution in [0.5, 0.6) is 0 Å². The summed E-state index contributed by atoms with van der Waals surface area (Å²) in [5.74, 6) is 0. The minimum atomic E-state index is -3.51. The van der Waals surface area contributed by atoms with E-state index in [1.165, 1.54) is 4.31 Å². The van der Waals surface area contributed by atoms with E-state index in [0.717, 1.165) is 23.2 Å². The number of sulfonamides is 1. The van der Waals surface area contributed by atoms with Gasteiger partial charge in [0.1, 0.15) is 0 Å². The number of hydrogen-bond donors (Lipinski definition) is 1. The summed E-state index contributed by atoms with van der Waals surface area (Å²) >= 11 is 0. The van der Waals surface area contributed by atoms with Crippen molar-refractivity contribution in [3.05, 3.63) is 59.7 Å². The van der Waals surface area contributed by atoms with Gasteiger partial charge in [-0.25, -0.2) is 8.42 Å². The third-order valence-corrected chi connectivity index (χ3v) is 5.67. The van der Waals surface area contributed by atoms with Crippen LogP contribution in [0.4, 0.5) is 5.69 Å². The van der Waals surface area contributed by atoms with Crippen molar-refractivity contribution >= 4 is 15.7 Å². The summed E-state index contributed by atoms with van der Waals surface area (Å²) in [6, 6.07) is 14.9. The number of para-hydroxylation sites is 1. The summed E-state index contributed by atoms with van der Waals surface area (Å²) in [6.45, 7) is 1.04. The van der Waals surface area contributed by atoms with Crippen molar-refractivity contribution in [2.24, 2.45) is 0 Å². The second kappa shape index (κ2) is 5.50. The summed E-state index contributed by atoms with van der Waals surface area (Å²) < 4.78 is 27.5. The Morgan fingerprint density at radius 2 is 1.81 bits per heavy atom. The van der Waals surface area contributed by atoms with E-state index in [1.54, 1.807) is 12.1 Å². The maximum absolute atomic E-state index is 13.0. The lowest BCUT2D eigenvalue weighted by molar-refractivity contribution is 0.590. The standard InChI is InChI=1S/C16H18N2O2S/c1-17-12-14-7-3-5-9-16(14)21(19,20)18-11-10-13-6-2-4-8-15(13)18/h2-9,17H,10-12H2,1H3. The Morgan fingerprint density at radius 3 is 2.62 bits per heavy atom. The van der Waals surface area contributed by atoms with Gasteiger partial charge in [0.25, 0.3) is 10.0 Å². The van der Waals surface area contributed by atoms with Crippen LogP contribution in [0.1, 0.15) is 11.1 Å². The van der Waals surface area contributed by atoms with Crippen LogP contribution in [-0.2, 0) is 23.0 Å². The molecule has 0 unspecified atom stereocenters. The number of nitrogens with one attached hydrogen (secondary N) is 1. The zero-order valence-corrected chi connectivity index (χ0v) is 12.7. The molecule has 1 N–H and O–H groups in total. The second-order valence-corrected chi connectivity index (χ2v) is 6.92. The van der Waals surface area contributed by atoms with Crippen LogP contribution in [0.25, 0.3) is 0 Å². The fourth-order valence-corrected chi connectivity index (χ4v) is 4.50. The monoisotopic (exact) mass is 302 g/mol. The highest BCUT2D eigenvalue weighted by Crippen LogP contribution is 2.33. The van der Waals surface area contributed by atoms with Gasteiger partial charge in [0.15, 0.2) is 0 Å². The van der Waals surface area contributed by atoms with Gasteiger partial charge in [-0.1, -0.05) is 36.4 Å². The lowest BCUT2D eigenvalue weighted by atomic mass is 10.2. The van der Waals surface area contributed by atoms with Crippen LogP contribution < -0.4 is 9.62 Å². The molecular formula is C16H18N2O2S. The van der Waals surface area contributed by atoms with E-state index in [1.807, 2.05) is 43.4 Å². The minimum absolute atomic E-state index is 0.385. The highest BCUT2D eigenvalue weighted by atomic mass is 32.2. The summed E-state index contributed by atoms with van der Waals surface area (Å²) in [7, 11) is -1.70. The van der Waals surface area contributed by atoms with Gasteiger partial charge in [-0.15, -0.1) is 0 Å². The van der Waals surface area contributed by atoms with E-state index in [0.29, 0.717) is 18.0 Å². The molecule has 3 rings (SSSR count). The molecule has 0 amide bonds. The number of nitrogens with zero attached hydrogens (tertiary/aromatic N) is 1. The predicted molar refractivity (Wildman–Crippen MR) is 83.9 cm³/mol. The molecule has 21 heavy (non-hydrogen) atoms. The minimum Gasteiger partial charge on any atom is -0.316 e. The van der Waals surface area contributed by atoms with Crippen LogP contribution in [-0.4, -0.2) is 22.0 Å². The molecule has 5 heteroatoms. The van der Waals surface area contributed by atoms with Gasteiger partial charge < -0.3 is 5.32 Å². The van der Waals surface area contributed by atoms with Gasteiger partial charge in [-0.2, -0.15) is 0 Å². The molecule has 0 bridgehead atoms. The molecule has 0 fully saturated rings. The molecule has 1 aliphatic rings. The molecule has 1 heterocycles. The van der Waals surface area contributed by atoms with E-state index < -0.39 is 10.0 Å². The molecular weight excluding hydrogens is 284 g/mol. The van der Waals surface area contributed by atoms with Gasteiger partial charge in [0.05, 0.1) is 10.6 Å². The van der Waals surface area contributed by atoms with E-state index in [9.17, 15) is 8.42 Å². The number of fused-ring (bicyclic) bond motifs is 1. The normalized spacial score (nSPS) is 14.2. The highest BCUT2D eigenvalue weighted by Gasteiger charge is 2.31. The zero-order valence-electron chi connectivity index (χ0n) is 11.9. The average Bonchev–Trinajstić information content (AvgIpc) is 2.93. The van der Waals surface area contributed by atoms with Crippen molar-refractivity contribution in [1.29, 1.82) is 0 Å². The molecule has 0 aromatic heterocycles. The predicted octanol–water partition coefficient (Wildman–Crippen LogP) is 2.16. The van der Waals surface area contributed by atoms with Gasteiger partial charge in [0.2, 0.25) is 0 Å². The molecule has 1 aliphatic heterocycles. The molecule has 0 saturated carbocycles. The summed E-state index contributed by atoms with van der Waals surface area (Å²) in [5, 5.41) is 3.02. The highest BCUT2D eigenvalue weighted by molar-refractivity contribution is 7.93. The fourth-order valence-electron chi connectivity index (χ4n) is 2.77. The Morgan fingerprint density at radius 1 is 1.10 bits per heavy atom.